The van der Waals surface area contributed by atoms with Crippen LogP contribution < -0.4 is 10.2 Å². The van der Waals surface area contributed by atoms with E-state index in [1.54, 1.807) is 4.90 Å². The van der Waals surface area contributed by atoms with E-state index in [9.17, 15) is 17.6 Å². The number of hydrogen-bond acceptors (Lipinski definition) is 7. The van der Waals surface area contributed by atoms with Crippen molar-refractivity contribution in [2.45, 2.75) is 12.7 Å². The Balaban J connectivity index is 1.69. The van der Waals surface area contributed by atoms with E-state index in [-0.39, 0.29) is 22.3 Å². The van der Waals surface area contributed by atoms with Gasteiger partial charge in [-0.25, -0.2) is 4.39 Å². The van der Waals surface area contributed by atoms with Gasteiger partial charge in [0.25, 0.3) is 5.89 Å². The molecule has 152 valence electrons. The van der Waals surface area contributed by atoms with Crippen molar-refractivity contribution in [3.63, 3.8) is 0 Å². The van der Waals surface area contributed by atoms with Crippen molar-refractivity contribution in [3.8, 4) is 11.6 Å². The minimum atomic E-state index is -4.77. The Kier molecular flexibility index (Phi) is 4.95. The number of halogens is 6. The second-order valence-corrected chi connectivity index (χ2v) is 6.83. The van der Waals surface area contributed by atoms with Crippen molar-refractivity contribution < 1.29 is 22.0 Å². The molecule has 0 spiro atoms. The number of benzene rings is 1. The molecule has 0 saturated heterocycles. The number of alkyl halides is 3. The summed E-state index contributed by atoms with van der Waals surface area (Å²) in [6, 6.07) is 4.01. The molecular formula is C16H10Cl2F4N6O. The average molecular weight is 449 g/mol. The minimum absolute atomic E-state index is 0.0445. The molecule has 0 bridgehead atoms. The fraction of sp³-hybridized carbons (Fsp3) is 0.250. The van der Waals surface area contributed by atoms with Gasteiger partial charge in [0, 0.05) is 30.2 Å². The summed E-state index contributed by atoms with van der Waals surface area (Å²) >= 11 is 12.2. The summed E-state index contributed by atoms with van der Waals surface area (Å²) in [5.74, 6) is -2.14. The summed E-state index contributed by atoms with van der Waals surface area (Å²) in [6.07, 6.45) is -4.77. The Labute approximate surface area is 170 Å². The van der Waals surface area contributed by atoms with Crippen molar-refractivity contribution in [1.29, 1.82) is 0 Å². The van der Waals surface area contributed by atoms with E-state index in [4.69, 9.17) is 23.2 Å². The number of aromatic nitrogens is 4. The van der Waals surface area contributed by atoms with Gasteiger partial charge in [0.15, 0.2) is 11.5 Å². The van der Waals surface area contributed by atoms with Crippen LogP contribution in [-0.2, 0) is 12.7 Å². The van der Waals surface area contributed by atoms with Gasteiger partial charge in [0.2, 0.25) is 0 Å². The minimum Gasteiger partial charge on any atom is -0.411 e. The van der Waals surface area contributed by atoms with Crippen LogP contribution in [0.3, 0.4) is 0 Å². The van der Waals surface area contributed by atoms with Crippen LogP contribution in [0.25, 0.3) is 11.6 Å². The maximum atomic E-state index is 13.8. The van der Waals surface area contributed by atoms with Crippen molar-refractivity contribution in [1.82, 2.24) is 20.4 Å². The van der Waals surface area contributed by atoms with Gasteiger partial charge in [0.1, 0.15) is 5.82 Å². The number of fused-ring (bicyclic) bond motifs is 1. The fourth-order valence-corrected chi connectivity index (χ4v) is 3.28. The van der Waals surface area contributed by atoms with E-state index in [1.165, 1.54) is 12.1 Å². The van der Waals surface area contributed by atoms with Gasteiger partial charge < -0.3 is 14.6 Å². The zero-order chi connectivity index (χ0) is 20.8. The monoisotopic (exact) mass is 448 g/mol. The van der Waals surface area contributed by atoms with Crippen LogP contribution in [0.1, 0.15) is 11.5 Å². The molecule has 0 saturated carbocycles. The highest BCUT2D eigenvalue weighted by Gasteiger charge is 2.38. The quantitative estimate of drug-likeness (QED) is 0.469. The Morgan fingerprint density at radius 3 is 2.66 bits per heavy atom. The van der Waals surface area contributed by atoms with E-state index in [0.717, 1.165) is 6.07 Å². The van der Waals surface area contributed by atoms with E-state index in [1.807, 2.05) is 0 Å². The zero-order valence-electron chi connectivity index (χ0n) is 14.3. The van der Waals surface area contributed by atoms with Crippen LogP contribution in [0.5, 0.6) is 0 Å². The summed E-state index contributed by atoms with van der Waals surface area (Å²) in [7, 11) is 0. The normalized spacial score (nSPS) is 13.9. The predicted molar refractivity (Wildman–Crippen MR) is 96.3 cm³/mol. The summed E-state index contributed by atoms with van der Waals surface area (Å²) in [5.41, 5.74) is 0.818. The van der Waals surface area contributed by atoms with Crippen LogP contribution in [-0.4, -0.2) is 33.5 Å². The predicted octanol–water partition coefficient (Wildman–Crippen LogP) is 4.42. The van der Waals surface area contributed by atoms with Crippen LogP contribution in [0, 0.1) is 5.82 Å². The summed E-state index contributed by atoms with van der Waals surface area (Å²) < 4.78 is 56.6. The summed E-state index contributed by atoms with van der Waals surface area (Å²) in [6.45, 7) is 1.12. The van der Waals surface area contributed by atoms with Gasteiger partial charge in [-0.1, -0.05) is 23.2 Å². The summed E-state index contributed by atoms with van der Waals surface area (Å²) in [4.78, 5) is 1.79. The molecule has 13 heteroatoms. The van der Waals surface area contributed by atoms with Crippen LogP contribution in [0.4, 0.5) is 29.1 Å². The maximum Gasteiger partial charge on any atom is 0.470 e. The second-order valence-electron chi connectivity index (χ2n) is 6.04. The molecule has 0 atom stereocenters. The Morgan fingerprint density at radius 1 is 1.14 bits per heavy atom. The van der Waals surface area contributed by atoms with Crippen molar-refractivity contribution in [2.75, 3.05) is 23.3 Å². The lowest BCUT2D eigenvalue weighted by Gasteiger charge is -2.31. The Morgan fingerprint density at radius 2 is 1.93 bits per heavy atom. The van der Waals surface area contributed by atoms with Crippen molar-refractivity contribution >= 4 is 34.7 Å². The van der Waals surface area contributed by atoms with Gasteiger partial charge in [0.05, 0.1) is 10.7 Å². The molecule has 0 fully saturated rings. The first kappa shape index (κ1) is 19.6. The molecule has 1 aliphatic heterocycles. The molecule has 0 amide bonds. The molecular weight excluding hydrogens is 439 g/mol. The number of hydrogen-bond donors (Lipinski definition) is 1. The standard InChI is InChI=1S/C16H10Cl2F4N6O/c17-8-1-2-9(19)12(18)7(8)6-28-4-3-23-13-11(28)5-10(24-25-13)14-26-27-15(29-14)16(20,21)22/h1-2,5H,3-4,6H2,(H,23,25). The first-order valence-electron chi connectivity index (χ1n) is 8.14. The lowest BCUT2D eigenvalue weighted by Crippen LogP contribution is -2.34. The molecule has 3 aromatic rings. The van der Waals surface area contributed by atoms with Gasteiger partial charge in [-0.3, -0.25) is 0 Å². The molecule has 1 aliphatic rings. The number of nitrogens with zero attached hydrogens (tertiary/aromatic N) is 5. The van der Waals surface area contributed by atoms with E-state index in [2.05, 4.69) is 30.1 Å². The number of rotatable bonds is 3. The third-order valence-corrected chi connectivity index (χ3v) is 4.93. The fourth-order valence-electron chi connectivity index (χ4n) is 2.79. The van der Waals surface area contributed by atoms with Gasteiger partial charge in [-0.2, -0.15) is 13.2 Å². The highest BCUT2D eigenvalue weighted by Crippen LogP contribution is 2.35. The number of anilines is 2. The first-order valence-corrected chi connectivity index (χ1v) is 8.89. The van der Waals surface area contributed by atoms with Crippen molar-refractivity contribution in [2.24, 2.45) is 0 Å². The van der Waals surface area contributed by atoms with Crippen LogP contribution in [0.2, 0.25) is 10.0 Å². The lowest BCUT2D eigenvalue weighted by molar-refractivity contribution is -0.156. The van der Waals surface area contributed by atoms with E-state index >= 15 is 0 Å². The topological polar surface area (TPSA) is 80.0 Å². The molecule has 3 heterocycles. The molecule has 0 aliphatic carbocycles. The number of nitrogens with one attached hydrogen (secondary N) is 1. The highest BCUT2D eigenvalue weighted by atomic mass is 35.5. The van der Waals surface area contributed by atoms with Crippen LogP contribution >= 0.6 is 23.2 Å². The van der Waals surface area contributed by atoms with Gasteiger partial charge in [-0.05, 0) is 18.2 Å². The molecule has 4 rings (SSSR count). The van der Waals surface area contributed by atoms with Crippen LogP contribution in [0.15, 0.2) is 22.6 Å². The molecule has 0 unspecified atom stereocenters. The molecule has 1 N–H and O–H groups in total. The van der Waals surface area contributed by atoms with E-state index in [0.29, 0.717) is 30.2 Å². The highest BCUT2D eigenvalue weighted by molar-refractivity contribution is 6.36. The molecule has 29 heavy (non-hydrogen) atoms. The SMILES string of the molecule is Fc1ccc(Cl)c(CN2CCNc3nnc(-c4nnc(C(F)(F)F)o4)cc32)c1Cl. The smallest absolute Gasteiger partial charge is 0.411 e. The van der Waals surface area contributed by atoms with Gasteiger partial charge >= 0.3 is 12.1 Å². The zero-order valence-corrected chi connectivity index (χ0v) is 15.8. The van der Waals surface area contributed by atoms with Gasteiger partial charge in [-0.15, -0.1) is 20.4 Å². The first-order chi connectivity index (χ1) is 13.7. The third-order valence-electron chi connectivity index (χ3n) is 4.16. The largest absolute Gasteiger partial charge is 0.470 e. The summed E-state index contributed by atoms with van der Waals surface area (Å²) in [5, 5.41) is 17.4. The molecule has 2 aromatic heterocycles. The van der Waals surface area contributed by atoms with E-state index < -0.39 is 23.8 Å². The maximum absolute atomic E-state index is 13.8. The molecule has 7 nitrogen and oxygen atoms in total. The van der Waals surface area contributed by atoms with Crippen molar-refractivity contribution in [3.05, 3.63) is 45.5 Å². The Bertz CT molecular complexity index is 1070. The average Bonchev–Trinajstić information content (AvgIpc) is 3.19. The molecule has 0 radical (unpaired) electrons. The molecule has 1 aromatic carbocycles. The Hall–Kier alpha value is -2.66. The lowest BCUT2D eigenvalue weighted by atomic mass is 10.1. The third kappa shape index (κ3) is 3.79. The second kappa shape index (κ2) is 7.30.